The van der Waals surface area contributed by atoms with Gasteiger partial charge in [0, 0.05) is 11.3 Å². The summed E-state index contributed by atoms with van der Waals surface area (Å²) in [7, 11) is 0. The summed E-state index contributed by atoms with van der Waals surface area (Å²) in [6.07, 6.45) is 9.41. The van der Waals surface area contributed by atoms with Crippen LogP contribution >= 0.6 is 0 Å². The average Bonchev–Trinajstić information content (AvgIpc) is 2.94. The number of nitrogens with zero attached hydrogens (tertiary/aromatic N) is 2. The van der Waals surface area contributed by atoms with Crippen LogP contribution in [0.3, 0.4) is 0 Å². The number of hydrogen-bond donors (Lipinski definition) is 0. The summed E-state index contributed by atoms with van der Waals surface area (Å²) in [5.74, 6) is 0. The van der Waals surface area contributed by atoms with Gasteiger partial charge in [0.05, 0.1) is 6.04 Å². The molecule has 0 bridgehead atoms. The maximum Gasteiger partial charge on any atom is 0.170 e. The number of carbonyl (C=O) groups is 1. The topological polar surface area (TPSA) is 34.9 Å². The predicted octanol–water partition coefficient (Wildman–Crippen LogP) is 2.30. The maximum atomic E-state index is 10.9. The summed E-state index contributed by atoms with van der Waals surface area (Å²) < 4.78 is 2.17. The van der Waals surface area contributed by atoms with Gasteiger partial charge in [-0.25, -0.2) is 0 Å². The fourth-order valence-electron chi connectivity index (χ4n) is 3.04. The maximum absolute atomic E-state index is 10.9. The van der Waals surface area contributed by atoms with Gasteiger partial charge in [-0.15, -0.1) is 0 Å². The molecular formula is C12H16N2O. The van der Waals surface area contributed by atoms with Crippen molar-refractivity contribution >= 4 is 6.29 Å². The van der Waals surface area contributed by atoms with Crippen LogP contribution in [0.5, 0.6) is 0 Å². The molecule has 1 fully saturated rings. The Hall–Kier alpha value is -1.12. The van der Waals surface area contributed by atoms with E-state index in [4.69, 9.17) is 0 Å². The van der Waals surface area contributed by atoms with Crippen LogP contribution < -0.4 is 0 Å². The third kappa shape index (κ3) is 1.33. The molecule has 0 atom stereocenters. The van der Waals surface area contributed by atoms with Gasteiger partial charge in [0.2, 0.25) is 0 Å². The summed E-state index contributed by atoms with van der Waals surface area (Å²) in [6.45, 7) is 0. The number of carbonyl (C=O) groups excluding carboxylic acids is 1. The summed E-state index contributed by atoms with van der Waals surface area (Å²) in [6, 6.07) is 0.575. The van der Waals surface area contributed by atoms with Crippen LogP contribution in [0.15, 0.2) is 0 Å². The number of fused-ring (bicyclic) bond motifs is 1. The van der Waals surface area contributed by atoms with Crippen molar-refractivity contribution in [2.24, 2.45) is 0 Å². The van der Waals surface area contributed by atoms with Crippen molar-refractivity contribution in [2.45, 2.75) is 51.0 Å². The van der Waals surface area contributed by atoms with Gasteiger partial charge in [-0.2, -0.15) is 5.10 Å². The summed E-state index contributed by atoms with van der Waals surface area (Å²) >= 11 is 0. The molecule has 0 spiro atoms. The SMILES string of the molecule is O=Cc1nn(C2CCCC2)c2c1CCC2. The Morgan fingerprint density at radius 2 is 2.00 bits per heavy atom. The Bertz CT molecular complexity index is 389. The molecule has 1 saturated carbocycles. The highest BCUT2D eigenvalue weighted by Crippen LogP contribution is 2.34. The predicted molar refractivity (Wildman–Crippen MR) is 57.1 cm³/mol. The quantitative estimate of drug-likeness (QED) is 0.693. The van der Waals surface area contributed by atoms with Gasteiger partial charge >= 0.3 is 0 Å². The Balaban J connectivity index is 2.03. The van der Waals surface area contributed by atoms with Crippen LogP contribution in [-0.2, 0) is 12.8 Å². The molecule has 0 saturated heterocycles. The van der Waals surface area contributed by atoms with E-state index in [1.807, 2.05) is 0 Å². The normalized spacial score (nSPS) is 20.8. The van der Waals surface area contributed by atoms with Gasteiger partial charge in [-0.3, -0.25) is 9.48 Å². The lowest BCUT2D eigenvalue weighted by atomic mass is 10.2. The van der Waals surface area contributed by atoms with Gasteiger partial charge in [-0.05, 0) is 32.1 Å². The lowest BCUT2D eigenvalue weighted by Crippen LogP contribution is -2.10. The van der Waals surface area contributed by atoms with Gasteiger partial charge < -0.3 is 0 Å². The molecule has 1 aromatic rings. The zero-order valence-corrected chi connectivity index (χ0v) is 8.91. The molecule has 3 nitrogen and oxygen atoms in total. The molecule has 15 heavy (non-hydrogen) atoms. The first-order chi connectivity index (χ1) is 7.40. The zero-order chi connectivity index (χ0) is 10.3. The molecule has 80 valence electrons. The van der Waals surface area contributed by atoms with Crippen molar-refractivity contribution in [3.63, 3.8) is 0 Å². The van der Waals surface area contributed by atoms with E-state index in [1.54, 1.807) is 0 Å². The highest BCUT2D eigenvalue weighted by Gasteiger charge is 2.27. The summed E-state index contributed by atoms with van der Waals surface area (Å²) in [4.78, 5) is 10.9. The Morgan fingerprint density at radius 3 is 2.73 bits per heavy atom. The van der Waals surface area contributed by atoms with Crippen LogP contribution in [-0.4, -0.2) is 16.1 Å². The van der Waals surface area contributed by atoms with E-state index in [0.717, 1.165) is 19.1 Å². The van der Waals surface area contributed by atoms with Crippen molar-refractivity contribution < 1.29 is 4.79 Å². The minimum atomic E-state index is 0.575. The van der Waals surface area contributed by atoms with Crippen LogP contribution in [0.2, 0.25) is 0 Å². The Morgan fingerprint density at radius 1 is 1.20 bits per heavy atom. The molecule has 0 amide bonds. The van der Waals surface area contributed by atoms with E-state index in [0.29, 0.717) is 11.7 Å². The van der Waals surface area contributed by atoms with Gasteiger partial charge in [0.1, 0.15) is 5.69 Å². The van der Waals surface area contributed by atoms with Crippen LogP contribution in [0, 0.1) is 0 Å². The molecule has 0 N–H and O–H groups in total. The molecule has 1 aromatic heterocycles. The smallest absolute Gasteiger partial charge is 0.170 e. The molecule has 3 rings (SSSR count). The van der Waals surface area contributed by atoms with E-state index < -0.39 is 0 Å². The zero-order valence-electron chi connectivity index (χ0n) is 8.91. The molecule has 2 aliphatic carbocycles. The van der Waals surface area contributed by atoms with Crippen LogP contribution in [0.1, 0.15) is 59.9 Å². The van der Waals surface area contributed by atoms with Crippen molar-refractivity contribution in [3.8, 4) is 0 Å². The van der Waals surface area contributed by atoms with Crippen LogP contribution in [0.25, 0.3) is 0 Å². The number of rotatable bonds is 2. The summed E-state index contributed by atoms with van der Waals surface area (Å²) in [5.41, 5.74) is 3.29. The molecular weight excluding hydrogens is 188 g/mol. The Kier molecular flexibility index (Phi) is 2.11. The molecule has 0 unspecified atom stereocenters. The van der Waals surface area contributed by atoms with Crippen molar-refractivity contribution in [1.29, 1.82) is 0 Å². The highest BCUT2D eigenvalue weighted by atomic mass is 16.1. The van der Waals surface area contributed by atoms with Gasteiger partial charge in [0.25, 0.3) is 0 Å². The van der Waals surface area contributed by atoms with Crippen LogP contribution in [0.4, 0.5) is 0 Å². The Labute approximate surface area is 89.5 Å². The molecule has 0 aliphatic heterocycles. The van der Waals surface area contributed by atoms with Gasteiger partial charge in [-0.1, -0.05) is 12.8 Å². The largest absolute Gasteiger partial charge is 0.296 e. The second kappa shape index (κ2) is 3.47. The van der Waals surface area contributed by atoms with Crippen molar-refractivity contribution in [1.82, 2.24) is 9.78 Å². The highest BCUT2D eigenvalue weighted by molar-refractivity contribution is 5.75. The third-order valence-electron chi connectivity index (χ3n) is 3.77. The van der Waals surface area contributed by atoms with Crippen molar-refractivity contribution in [3.05, 3.63) is 17.0 Å². The third-order valence-corrected chi connectivity index (χ3v) is 3.77. The minimum Gasteiger partial charge on any atom is -0.296 e. The second-order valence-electron chi connectivity index (χ2n) is 4.66. The van der Waals surface area contributed by atoms with Crippen molar-refractivity contribution in [2.75, 3.05) is 0 Å². The summed E-state index contributed by atoms with van der Waals surface area (Å²) in [5, 5.41) is 4.48. The minimum absolute atomic E-state index is 0.575. The number of aromatic nitrogens is 2. The number of hydrogen-bond acceptors (Lipinski definition) is 2. The molecule has 0 aromatic carbocycles. The first-order valence-corrected chi connectivity index (χ1v) is 5.95. The van der Waals surface area contributed by atoms with E-state index in [1.165, 1.54) is 43.4 Å². The standard InChI is InChI=1S/C12H16N2O/c15-8-11-10-6-3-7-12(10)14(13-11)9-4-1-2-5-9/h8-9H,1-7H2. The molecule has 0 radical (unpaired) electrons. The monoisotopic (exact) mass is 204 g/mol. The van der Waals surface area contributed by atoms with Gasteiger partial charge in [0.15, 0.2) is 6.29 Å². The van der Waals surface area contributed by atoms with E-state index in [9.17, 15) is 4.79 Å². The molecule has 3 heteroatoms. The molecule has 2 aliphatic rings. The molecule has 1 heterocycles. The number of aldehydes is 1. The lowest BCUT2D eigenvalue weighted by molar-refractivity contribution is 0.111. The average molecular weight is 204 g/mol. The first kappa shape index (κ1) is 9.13. The van der Waals surface area contributed by atoms with E-state index >= 15 is 0 Å². The fourth-order valence-corrected chi connectivity index (χ4v) is 3.04. The first-order valence-electron chi connectivity index (χ1n) is 5.95. The lowest BCUT2D eigenvalue weighted by Gasteiger charge is -2.12. The second-order valence-corrected chi connectivity index (χ2v) is 4.66. The fraction of sp³-hybridized carbons (Fsp3) is 0.667. The van der Waals surface area contributed by atoms with E-state index in [2.05, 4.69) is 9.78 Å². The van der Waals surface area contributed by atoms with E-state index in [-0.39, 0.29) is 0 Å².